The number of nitrogens with zero attached hydrogens (tertiary/aromatic N) is 2. The van der Waals surface area contributed by atoms with E-state index in [2.05, 4.69) is 58.6 Å². The number of hydrogen-bond donors (Lipinski definition) is 2. The molecule has 5 heteroatoms. The Morgan fingerprint density at radius 2 is 1.96 bits per heavy atom. The van der Waals surface area contributed by atoms with Crippen molar-refractivity contribution in [2.45, 2.75) is 58.1 Å². The van der Waals surface area contributed by atoms with Gasteiger partial charge in [-0.3, -0.25) is 9.89 Å². The molecule has 0 aliphatic carbocycles. The number of rotatable bonds is 6. The molecular weight excluding hydrogens is 348 g/mol. The van der Waals surface area contributed by atoms with Crippen LogP contribution < -0.4 is 10.6 Å². The predicted molar refractivity (Wildman–Crippen MR) is 117 cm³/mol. The third kappa shape index (κ3) is 5.95. The quantitative estimate of drug-likeness (QED) is 0.580. The number of aryl methyl sites for hydroxylation is 1. The molecule has 1 aromatic carbocycles. The predicted octanol–water partition coefficient (Wildman–Crippen LogP) is 3.50. The third-order valence-corrected chi connectivity index (χ3v) is 6.24. The van der Waals surface area contributed by atoms with Crippen molar-refractivity contribution >= 4 is 5.96 Å². The van der Waals surface area contributed by atoms with Crippen molar-refractivity contribution in [2.75, 3.05) is 39.8 Å². The van der Waals surface area contributed by atoms with Gasteiger partial charge in [0.2, 0.25) is 0 Å². The zero-order valence-corrected chi connectivity index (χ0v) is 17.9. The minimum absolute atomic E-state index is 0.175. The average molecular weight is 387 g/mol. The zero-order valence-electron chi connectivity index (χ0n) is 17.9. The van der Waals surface area contributed by atoms with Gasteiger partial charge in [-0.05, 0) is 51.6 Å². The normalized spacial score (nSPS) is 26.8. The molecule has 0 aromatic heterocycles. The smallest absolute Gasteiger partial charge is 0.191 e. The molecule has 1 aromatic rings. The molecule has 28 heavy (non-hydrogen) atoms. The SMILES string of the molecule is CN=C(NCCN1CCCCC1C)NCC1CCCOC1c1ccc(C)cc1. The van der Waals surface area contributed by atoms with E-state index in [1.807, 2.05) is 7.05 Å². The lowest BCUT2D eigenvalue weighted by atomic mass is 9.89. The monoisotopic (exact) mass is 386 g/mol. The van der Waals surface area contributed by atoms with E-state index in [4.69, 9.17) is 4.74 Å². The van der Waals surface area contributed by atoms with Gasteiger partial charge in [0.1, 0.15) is 0 Å². The molecule has 2 N–H and O–H groups in total. The molecule has 3 rings (SSSR count). The minimum Gasteiger partial charge on any atom is -0.373 e. The fourth-order valence-electron chi connectivity index (χ4n) is 4.43. The van der Waals surface area contributed by atoms with Gasteiger partial charge in [-0.25, -0.2) is 0 Å². The molecule has 0 radical (unpaired) electrons. The van der Waals surface area contributed by atoms with Gasteiger partial charge in [-0.2, -0.15) is 0 Å². The van der Waals surface area contributed by atoms with E-state index in [0.717, 1.165) is 38.6 Å². The summed E-state index contributed by atoms with van der Waals surface area (Å²) in [7, 11) is 1.85. The Kier molecular flexibility index (Phi) is 8.16. The van der Waals surface area contributed by atoms with E-state index in [9.17, 15) is 0 Å². The van der Waals surface area contributed by atoms with E-state index in [0.29, 0.717) is 12.0 Å². The Balaban J connectivity index is 1.46. The zero-order chi connectivity index (χ0) is 19.8. The summed E-state index contributed by atoms with van der Waals surface area (Å²) < 4.78 is 6.15. The number of nitrogens with one attached hydrogen (secondary N) is 2. The van der Waals surface area contributed by atoms with E-state index in [-0.39, 0.29) is 6.10 Å². The van der Waals surface area contributed by atoms with Crippen molar-refractivity contribution in [3.8, 4) is 0 Å². The molecular formula is C23H38N4O. The van der Waals surface area contributed by atoms with Crippen LogP contribution in [0, 0.1) is 12.8 Å². The topological polar surface area (TPSA) is 48.9 Å². The molecule has 2 aliphatic heterocycles. The highest BCUT2D eigenvalue weighted by molar-refractivity contribution is 5.79. The highest BCUT2D eigenvalue weighted by Crippen LogP contribution is 2.33. The molecule has 2 fully saturated rings. The van der Waals surface area contributed by atoms with E-state index in [1.165, 1.54) is 43.4 Å². The lowest BCUT2D eigenvalue weighted by molar-refractivity contribution is -0.0265. The van der Waals surface area contributed by atoms with Crippen LogP contribution in [0.4, 0.5) is 0 Å². The van der Waals surface area contributed by atoms with Gasteiger partial charge in [-0.1, -0.05) is 36.2 Å². The summed E-state index contributed by atoms with van der Waals surface area (Å²) in [6, 6.07) is 9.50. The van der Waals surface area contributed by atoms with Crippen LogP contribution >= 0.6 is 0 Å². The summed E-state index contributed by atoms with van der Waals surface area (Å²) in [5.41, 5.74) is 2.58. The van der Waals surface area contributed by atoms with Gasteiger partial charge in [-0.15, -0.1) is 0 Å². The van der Waals surface area contributed by atoms with Crippen molar-refractivity contribution in [2.24, 2.45) is 10.9 Å². The lowest BCUT2D eigenvalue weighted by Crippen LogP contribution is -2.46. The van der Waals surface area contributed by atoms with Crippen LogP contribution in [0.1, 0.15) is 56.3 Å². The first-order valence-corrected chi connectivity index (χ1v) is 11.0. The Labute approximate surface area is 170 Å². The number of aliphatic imine (C=N–C) groups is 1. The molecule has 2 aliphatic rings. The Morgan fingerprint density at radius 1 is 1.14 bits per heavy atom. The molecule has 5 nitrogen and oxygen atoms in total. The summed E-state index contributed by atoms with van der Waals surface area (Å²) in [5, 5.41) is 7.03. The molecule has 0 amide bonds. The fraction of sp³-hybridized carbons (Fsp3) is 0.696. The van der Waals surface area contributed by atoms with Crippen LogP contribution in [-0.4, -0.2) is 56.7 Å². The second-order valence-electron chi connectivity index (χ2n) is 8.37. The number of piperidine rings is 1. The first-order chi connectivity index (χ1) is 13.7. The van der Waals surface area contributed by atoms with Crippen molar-refractivity contribution in [1.29, 1.82) is 0 Å². The van der Waals surface area contributed by atoms with Gasteiger partial charge < -0.3 is 15.4 Å². The molecule has 2 heterocycles. The maximum Gasteiger partial charge on any atom is 0.191 e. The van der Waals surface area contributed by atoms with Gasteiger partial charge in [0, 0.05) is 45.2 Å². The Morgan fingerprint density at radius 3 is 2.71 bits per heavy atom. The first-order valence-electron chi connectivity index (χ1n) is 11.0. The second-order valence-corrected chi connectivity index (χ2v) is 8.37. The minimum atomic E-state index is 0.175. The standard InChI is InChI=1S/C23H38N4O/c1-18-9-11-20(12-10-18)22-21(8-6-16-28-22)17-26-23(24-3)25-13-15-27-14-5-4-7-19(27)2/h9-12,19,21-22H,4-8,13-17H2,1-3H3,(H2,24,25,26). The maximum absolute atomic E-state index is 6.15. The molecule has 3 unspecified atom stereocenters. The fourth-order valence-corrected chi connectivity index (χ4v) is 4.43. The molecule has 3 atom stereocenters. The number of ether oxygens (including phenoxy) is 1. The van der Waals surface area contributed by atoms with Crippen LogP contribution in [0.25, 0.3) is 0 Å². The van der Waals surface area contributed by atoms with Gasteiger partial charge in [0.25, 0.3) is 0 Å². The van der Waals surface area contributed by atoms with Crippen LogP contribution in [0.2, 0.25) is 0 Å². The number of guanidine groups is 1. The summed E-state index contributed by atoms with van der Waals surface area (Å²) in [4.78, 5) is 7.01. The second kappa shape index (κ2) is 10.8. The van der Waals surface area contributed by atoms with Crippen LogP contribution in [0.5, 0.6) is 0 Å². The summed E-state index contributed by atoms with van der Waals surface area (Å²) in [6.07, 6.45) is 6.53. The Hall–Kier alpha value is -1.59. The van der Waals surface area contributed by atoms with Crippen LogP contribution in [0.3, 0.4) is 0 Å². The van der Waals surface area contributed by atoms with Gasteiger partial charge in [0.15, 0.2) is 5.96 Å². The molecule has 2 saturated heterocycles. The van der Waals surface area contributed by atoms with Crippen molar-refractivity contribution < 1.29 is 4.74 Å². The van der Waals surface area contributed by atoms with E-state index in [1.54, 1.807) is 0 Å². The molecule has 0 bridgehead atoms. The Bertz CT molecular complexity index is 616. The summed E-state index contributed by atoms with van der Waals surface area (Å²) in [5.74, 6) is 1.37. The maximum atomic E-state index is 6.15. The lowest BCUT2D eigenvalue weighted by Gasteiger charge is -2.34. The molecule has 0 saturated carbocycles. The number of likely N-dealkylation sites (tertiary alicyclic amines) is 1. The highest BCUT2D eigenvalue weighted by atomic mass is 16.5. The summed E-state index contributed by atoms with van der Waals surface area (Å²) in [6.45, 7) is 9.47. The van der Waals surface area contributed by atoms with E-state index < -0.39 is 0 Å². The van der Waals surface area contributed by atoms with Gasteiger partial charge in [0.05, 0.1) is 6.10 Å². The van der Waals surface area contributed by atoms with Gasteiger partial charge >= 0.3 is 0 Å². The third-order valence-electron chi connectivity index (χ3n) is 6.24. The highest BCUT2D eigenvalue weighted by Gasteiger charge is 2.27. The number of hydrogen-bond acceptors (Lipinski definition) is 3. The summed E-state index contributed by atoms with van der Waals surface area (Å²) >= 11 is 0. The average Bonchev–Trinajstić information content (AvgIpc) is 2.73. The van der Waals surface area contributed by atoms with Crippen LogP contribution in [0.15, 0.2) is 29.3 Å². The molecule has 156 valence electrons. The van der Waals surface area contributed by atoms with E-state index >= 15 is 0 Å². The first kappa shape index (κ1) is 21.1. The van der Waals surface area contributed by atoms with Crippen molar-refractivity contribution in [3.63, 3.8) is 0 Å². The number of benzene rings is 1. The largest absolute Gasteiger partial charge is 0.373 e. The molecule has 0 spiro atoms. The van der Waals surface area contributed by atoms with Crippen molar-refractivity contribution in [3.05, 3.63) is 35.4 Å². The van der Waals surface area contributed by atoms with Crippen LogP contribution in [-0.2, 0) is 4.74 Å². The van der Waals surface area contributed by atoms with Crippen molar-refractivity contribution in [1.82, 2.24) is 15.5 Å².